The van der Waals surface area contributed by atoms with Crippen molar-refractivity contribution >= 4 is 15.9 Å². The number of halogens is 1. The fraction of sp³-hybridized carbons (Fsp3) is 0.533. The van der Waals surface area contributed by atoms with Gasteiger partial charge in [-0.15, -0.1) is 0 Å². The molecule has 0 radical (unpaired) electrons. The molecule has 5 heteroatoms. The van der Waals surface area contributed by atoms with Crippen molar-refractivity contribution in [1.82, 2.24) is 4.90 Å². The Bertz CT molecular complexity index is 428. The molecule has 2 atom stereocenters. The normalized spacial score (nSPS) is 14.0. The Morgan fingerprint density at radius 1 is 1.35 bits per heavy atom. The monoisotopic (exact) mass is 339 g/mol. The minimum atomic E-state index is -0.0216. The average Bonchev–Trinajstić information content (AvgIpc) is 2.43. The largest absolute Gasteiger partial charge is 0.383 e. The van der Waals surface area contributed by atoms with E-state index in [1.54, 1.807) is 7.11 Å². The van der Waals surface area contributed by atoms with Gasteiger partial charge < -0.3 is 10.5 Å². The first-order valence-corrected chi connectivity index (χ1v) is 7.50. The lowest BCUT2D eigenvalue weighted by molar-refractivity contribution is 0.112. The SMILES string of the molecule is COCCN(CCC#N)C(c1ccc(Br)cc1)C(C)N. The topological polar surface area (TPSA) is 62.3 Å². The number of rotatable bonds is 8. The van der Waals surface area contributed by atoms with Crippen molar-refractivity contribution in [3.63, 3.8) is 0 Å². The maximum atomic E-state index is 8.82. The Morgan fingerprint density at radius 3 is 2.50 bits per heavy atom. The van der Waals surface area contributed by atoms with Crippen LogP contribution in [0.4, 0.5) is 0 Å². The van der Waals surface area contributed by atoms with Gasteiger partial charge in [-0.2, -0.15) is 5.26 Å². The smallest absolute Gasteiger partial charge is 0.0635 e. The summed E-state index contributed by atoms with van der Waals surface area (Å²) in [6, 6.07) is 10.4. The lowest BCUT2D eigenvalue weighted by Gasteiger charge is -2.34. The van der Waals surface area contributed by atoms with Crippen molar-refractivity contribution in [3.8, 4) is 6.07 Å². The molecular formula is C15H22BrN3O. The van der Waals surface area contributed by atoms with E-state index in [9.17, 15) is 0 Å². The molecule has 0 heterocycles. The third-order valence-corrected chi connectivity index (χ3v) is 3.73. The molecule has 0 aromatic heterocycles. The van der Waals surface area contributed by atoms with Crippen LogP contribution in [0.3, 0.4) is 0 Å². The van der Waals surface area contributed by atoms with Crippen LogP contribution in [-0.2, 0) is 4.74 Å². The van der Waals surface area contributed by atoms with Crippen molar-refractivity contribution in [2.45, 2.75) is 25.4 Å². The quantitative estimate of drug-likeness (QED) is 0.790. The van der Waals surface area contributed by atoms with E-state index in [1.807, 2.05) is 19.1 Å². The van der Waals surface area contributed by atoms with Gasteiger partial charge in [0.1, 0.15) is 0 Å². The third-order valence-electron chi connectivity index (χ3n) is 3.20. The summed E-state index contributed by atoms with van der Waals surface area (Å²) in [5.74, 6) is 0. The minimum Gasteiger partial charge on any atom is -0.383 e. The third kappa shape index (κ3) is 5.22. The standard InChI is InChI=1S/C15H22BrN3O/c1-12(18)15(13-4-6-14(16)7-5-13)19(9-3-8-17)10-11-20-2/h4-7,12,15H,3,9-11,18H2,1-2H3. The van der Waals surface area contributed by atoms with E-state index in [0.29, 0.717) is 19.6 Å². The molecule has 110 valence electrons. The highest BCUT2D eigenvalue weighted by Crippen LogP contribution is 2.25. The molecule has 0 aliphatic carbocycles. The summed E-state index contributed by atoms with van der Waals surface area (Å²) in [7, 11) is 1.68. The van der Waals surface area contributed by atoms with Gasteiger partial charge >= 0.3 is 0 Å². The Balaban J connectivity index is 2.94. The number of nitrogens with two attached hydrogens (primary N) is 1. The number of benzene rings is 1. The summed E-state index contributed by atoms with van der Waals surface area (Å²) >= 11 is 3.44. The number of nitriles is 1. The van der Waals surface area contributed by atoms with Gasteiger partial charge in [0, 0.05) is 43.2 Å². The molecule has 2 N–H and O–H groups in total. The molecule has 20 heavy (non-hydrogen) atoms. The fourth-order valence-corrected chi connectivity index (χ4v) is 2.56. The van der Waals surface area contributed by atoms with Crippen LogP contribution in [0.2, 0.25) is 0 Å². The number of ether oxygens (including phenoxy) is 1. The second-order valence-electron chi connectivity index (χ2n) is 4.79. The Kier molecular flexibility index (Phi) is 7.78. The van der Waals surface area contributed by atoms with Gasteiger partial charge in [0.05, 0.1) is 12.7 Å². The molecule has 0 aliphatic rings. The van der Waals surface area contributed by atoms with Crippen LogP contribution < -0.4 is 5.73 Å². The lowest BCUT2D eigenvalue weighted by atomic mass is 9.99. The molecule has 0 aliphatic heterocycles. The minimum absolute atomic E-state index is 0.0216. The molecule has 0 saturated carbocycles. The van der Waals surface area contributed by atoms with Crippen LogP contribution in [0.15, 0.2) is 28.7 Å². The molecule has 0 bridgehead atoms. The van der Waals surface area contributed by atoms with Crippen LogP contribution in [0.5, 0.6) is 0 Å². The number of nitrogens with zero attached hydrogens (tertiary/aromatic N) is 2. The molecule has 2 unspecified atom stereocenters. The number of methoxy groups -OCH3 is 1. The molecule has 1 aromatic rings. The van der Waals surface area contributed by atoms with Gasteiger partial charge in [0.15, 0.2) is 0 Å². The van der Waals surface area contributed by atoms with Crippen LogP contribution in [0.25, 0.3) is 0 Å². The fourth-order valence-electron chi connectivity index (χ4n) is 2.30. The van der Waals surface area contributed by atoms with Crippen LogP contribution in [0.1, 0.15) is 24.9 Å². The summed E-state index contributed by atoms with van der Waals surface area (Å²) in [6.45, 7) is 4.09. The first-order valence-electron chi connectivity index (χ1n) is 6.71. The van der Waals surface area contributed by atoms with E-state index in [1.165, 1.54) is 0 Å². The maximum Gasteiger partial charge on any atom is 0.0635 e. The van der Waals surface area contributed by atoms with E-state index in [4.69, 9.17) is 15.7 Å². The van der Waals surface area contributed by atoms with Crippen molar-refractivity contribution in [2.24, 2.45) is 5.73 Å². The van der Waals surface area contributed by atoms with Crippen molar-refractivity contribution in [2.75, 3.05) is 26.8 Å². The van der Waals surface area contributed by atoms with Crippen LogP contribution in [0, 0.1) is 11.3 Å². The van der Waals surface area contributed by atoms with E-state index in [-0.39, 0.29) is 12.1 Å². The highest BCUT2D eigenvalue weighted by molar-refractivity contribution is 9.10. The van der Waals surface area contributed by atoms with Crippen molar-refractivity contribution < 1.29 is 4.74 Å². The second kappa shape index (κ2) is 9.09. The summed E-state index contributed by atoms with van der Waals surface area (Å²) in [4.78, 5) is 2.22. The Morgan fingerprint density at radius 2 is 2.00 bits per heavy atom. The predicted octanol–water partition coefficient (Wildman–Crippen LogP) is 2.70. The Labute approximate surface area is 129 Å². The van der Waals surface area contributed by atoms with Crippen molar-refractivity contribution in [3.05, 3.63) is 34.3 Å². The predicted molar refractivity (Wildman–Crippen MR) is 84.2 cm³/mol. The van der Waals surface area contributed by atoms with Crippen molar-refractivity contribution in [1.29, 1.82) is 5.26 Å². The van der Waals surface area contributed by atoms with Gasteiger partial charge in [-0.3, -0.25) is 4.90 Å². The zero-order valence-electron chi connectivity index (χ0n) is 12.1. The van der Waals surface area contributed by atoms with Gasteiger partial charge in [0.2, 0.25) is 0 Å². The molecule has 0 saturated heterocycles. The summed E-state index contributed by atoms with van der Waals surface area (Å²) in [5.41, 5.74) is 7.34. The summed E-state index contributed by atoms with van der Waals surface area (Å²) in [6.07, 6.45) is 0.490. The molecule has 1 aromatic carbocycles. The zero-order valence-corrected chi connectivity index (χ0v) is 13.6. The van der Waals surface area contributed by atoms with Gasteiger partial charge in [-0.25, -0.2) is 0 Å². The molecular weight excluding hydrogens is 318 g/mol. The molecule has 0 fully saturated rings. The second-order valence-corrected chi connectivity index (χ2v) is 5.71. The van der Waals surface area contributed by atoms with Gasteiger partial charge in [0.25, 0.3) is 0 Å². The van der Waals surface area contributed by atoms with Gasteiger partial charge in [-0.05, 0) is 24.6 Å². The van der Waals surface area contributed by atoms with E-state index >= 15 is 0 Å². The lowest BCUT2D eigenvalue weighted by Crippen LogP contribution is -2.41. The highest BCUT2D eigenvalue weighted by Gasteiger charge is 2.23. The number of hydrogen-bond acceptors (Lipinski definition) is 4. The first-order chi connectivity index (χ1) is 9.60. The van der Waals surface area contributed by atoms with Crippen LogP contribution >= 0.6 is 15.9 Å². The average molecular weight is 340 g/mol. The molecule has 1 rings (SSSR count). The molecule has 4 nitrogen and oxygen atoms in total. The molecule has 0 spiro atoms. The molecule has 0 amide bonds. The van der Waals surface area contributed by atoms with E-state index in [2.05, 4.69) is 39.0 Å². The first kappa shape index (κ1) is 17.1. The van der Waals surface area contributed by atoms with Crippen LogP contribution in [-0.4, -0.2) is 37.7 Å². The summed E-state index contributed by atoms with van der Waals surface area (Å²) < 4.78 is 6.21. The van der Waals surface area contributed by atoms with E-state index in [0.717, 1.165) is 16.6 Å². The summed E-state index contributed by atoms with van der Waals surface area (Å²) in [5, 5.41) is 8.82. The van der Waals surface area contributed by atoms with E-state index < -0.39 is 0 Å². The zero-order chi connectivity index (χ0) is 15.0. The Hall–Kier alpha value is -0.930. The highest BCUT2D eigenvalue weighted by atomic mass is 79.9. The van der Waals surface area contributed by atoms with Gasteiger partial charge in [-0.1, -0.05) is 28.1 Å². The number of hydrogen-bond donors (Lipinski definition) is 1. The maximum absolute atomic E-state index is 8.82.